The Morgan fingerprint density at radius 3 is 2.59 bits per heavy atom. The monoisotopic (exact) mass is 238 g/mol. The number of fused-ring (bicyclic) bond motifs is 1. The van der Waals surface area contributed by atoms with Crippen molar-refractivity contribution < 1.29 is 10.2 Å². The molecule has 2 heteroatoms. The normalized spacial score (nSPS) is 42.9. The number of allylic oxidation sites excluding steroid dienone is 1. The zero-order valence-electron chi connectivity index (χ0n) is 11.5. The average Bonchev–Trinajstić information content (AvgIpc) is 2.14. The largest absolute Gasteiger partial charge is 0.392 e. The standard InChI is InChI=1S/C15H26O2/c1-10-6-5-8-15(4)9-7-11(14(2,3)17)13(16)12(10)15/h6,11-13,16-17H,5,7-9H2,1-4H3/t11-,12+,13?,15-/m1/s1. The van der Waals surface area contributed by atoms with E-state index >= 15 is 0 Å². The highest BCUT2D eigenvalue weighted by molar-refractivity contribution is 5.18. The molecule has 4 atom stereocenters. The third-order valence-electron chi connectivity index (χ3n) is 5.11. The highest BCUT2D eigenvalue weighted by atomic mass is 16.3. The van der Waals surface area contributed by atoms with E-state index in [9.17, 15) is 10.2 Å². The fourth-order valence-corrected chi connectivity index (χ4v) is 4.08. The molecular formula is C15H26O2. The van der Waals surface area contributed by atoms with Gasteiger partial charge in [0.05, 0.1) is 11.7 Å². The molecule has 0 aromatic rings. The second-order valence-electron chi connectivity index (χ2n) is 6.91. The van der Waals surface area contributed by atoms with Crippen molar-refractivity contribution in [3.63, 3.8) is 0 Å². The number of hydrogen-bond acceptors (Lipinski definition) is 2. The van der Waals surface area contributed by atoms with Gasteiger partial charge in [0.1, 0.15) is 0 Å². The van der Waals surface area contributed by atoms with E-state index in [-0.39, 0.29) is 17.3 Å². The first-order chi connectivity index (χ1) is 7.76. The molecule has 0 radical (unpaired) electrons. The summed E-state index contributed by atoms with van der Waals surface area (Å²) in [7, 11) is 0. The first-order valence-corrected chi connectivity index (χ1v) is 6.83. The second-order valence-corrected chi connectivity index (χ2v) is 6.91. The Morgan fingerprint density at radius 2 is 2.00 bits per heavy atom. The van der Waals surface area contributed by atoms with Gasteiger partial charge in [0.25, 0.3) is 0 Å². The molecule has 0 amide bonds. The number of rotatable bonds is 1. The van der Waals surface area contributed by atoms with Gasteiger partial charge in [-0.1, -0.05) is 18.6 Å². The zero-order chi connectivity index (χ0) is 12.8. The van der Waals surface area contributed by atoms with Gasteiger partial charge in [0, 0.05) is 11.8 Å². The molecule has 1 fully saturated rings. The number of hydrogen-bond donors (Lipinski definition) is 2. The first kappa shape index (κ1) is 13.1. The van der Waals surface area contributed by atoms with Crippen molar-refractivity contribution in [2.24, 2.45) is 17.3 Å². The predicted molar refractivity (Wildman–Crippen MR) is 69.6 cm³/mol. The predicted octanol–water partition coefficient (Wildman–Crippen LogP) is 2.89. The Balaban J connectivity index is 2.30. The van der Waals surface area contributed by atoms with E-state index in [1.165, 1.54) is 12.0 Å². The molecule has 2 rings (SSSR count). The maximum atomic E-state index is 10.6. The molecule has 98 valence electrons. The lowest BCUT2D eigenvalue weighted by Crippen LogP contribution is -2.52. The fourth-order valence-electron chi connectivity index (χ4n) is 4.08. The quantitative estimate of drug-likeness (QED) is 0.690. The van der Waals surface area contributed by atoms with Crippen LogP contribution < -0.4 is 0 Å². The van der Waals surface area contributed by atoms with Crippen LogP contribution in [0.1, 0.15) is 53.4 Å². The van der Waals surface area contributed by atoms with E-state index in [1.807, 2.05) is 13.8 Å². The van der Waals surface area contributed by atoms with Gasteiger partial charge in [-0.25, -0.2) is 0 Å². The summed E-state index contributed by atoms with van der Waals surface area (Å²) < 4.78 is 0. The van der Waals surface area contributed by atoms with Crippen LogP contribution in [0.15, 0.2) is 11.6 Å². The van der Waals surface area contributed by atoms with Crippen molar-refractivity contribution in [2.75, 3.05) is 0 Å². The van der Waals surface area contributed by atoms with Crippen LogP contribution in [-0.2, 0) is 0 Å². The SMILES string of the molecule is CC1=CCC[C@]2(C)CC[C@@H](C(C)(C)O)C(O)[C@H]12. The summed E-state index contributed by atoms with van der Waals surface area (Å²) in [6.07, 6.45) is 6.23. The fraction of sp³-hybridized carbons (Fsp3) is 0.867. The summed E-state index contributed by atoms with van der Waals surface area (Å²) in [4.78, 5) is 0. The van der Waals surface area contributed by atoms with Crippen LogP contribution in [0.4, 0.5) is 0 Å². The van der Waals surface area contributed by atoms with Crippen molar-refractivity contribution in [2.45, 2.75) is 65.1 Å². The van der Waals surface area contributed by atoms with E-state index in [2.05, 4.69) is 19.9 Å². The molecule has 2 aliphatic rings. The van der Waals surface area contributed by atoms with E-state index in [4.69, 9.17) is 0 Å². The summed E-state index contributed by atoms with van der Waals surface area (Å²) in [5.74, 6) is 0.239. The van der Waals surface area contributed by atoms with Crippen molar-refractivity contribution in [3.05, 3.63) is 11.6 Å². The van der Waals surface area contributed by atoms with Gasteiger partial charge in [-0.15, -0.1) is 0 Å². The van der Waals surface area contributed by atoms with Crippen LogP contribution in [0.25, 0.3) is 0 Å². The van der Waals surface area contributed by atoms with Crippen molar-refractivity contribution in [3.8, 4) is 0 Å². The van der Waals surface area contributed by atoms with Gasteiger partial charge in [-0.3, -0.25) is 0 Å². The molecule has 0 aromatic carbocycles. The molecule has 0 aliphatic heterocycles. The van der Waals surface area contributed by atoms with Gasteiger partial charge < -0.3 is 10.2 Å². The van der Waals surface area contributed by atoms with Crippen LogP contribution in [0, 0.1) is 17.3 Å². The molecular weight excluding hydrogens is 212 g/mol. The Kier molecular flexibility index (Phi) is 3.16. The van der Waals surface area contributed by atoms with Crippen molar-refractivity contribution >= 4 is 0 Å². The van der Waals surface area contributed by atoms with Crippen LogP contribution in [0.5, 0.6) is 0 Å². The maximum Gasteiger partial charge on any atom is 0.0665 e. The molecule has 0 aromatic heterocycles. The van der Waals surface area contributed by atoms with E-state index < -0.39 is 11.7 Å². The summed E-state index contributed by atoms with van der Waals surface area (Å²) in [6, 6.07) is 0. The molecule has 17 heavy (non-hydrogen) atoms. The van der Waals surface area contributed by atoms with E-state index in [0.717, 1.165) is 19.3 Å². The van der Waals surface area contributed by atoms with Gasteiger partial charge in [-0.2, -0.15) is 0 Å². The average molecular weight is 238 g/mol. The third kappa shape index (κ3) is 2.17. The summed E-state index contributed by atoms with van der Waals surface area (Å²) in [6.45, 7) is 8.09. The molecule has 1 unspecified atom stereocenters. The second kappa shape index (κ2) is 4.10. The minimum atomic E-state index is -0.779. The smallest absolute Gasteiger partial charge is 0.0665 e. The summed E-state index contributed by atoms with van der Waals surface area (Å²) in [5.41, 5.74) is 0.776. The zero-order valence-corrected chi connectivity index (χ0v) is 11.5. The molecule has 0 heterocycles. The van der Waals surface area contributed by atoms with E-state index in [0.29, 0.717) is 0 Å². The minimum Gasteiger partial charge on any atom is -0.392 e. The Morgan fingerprint density at radius 1 is 1.35 bits per heavy atom. The minimum absolute atomic E-state index is 0.00187. The van der Waals surface area contributed by atoms with Gasteiger partial charge >= 0.3 is 0 Å². The van der Waals surface area contributed by atoms with Crippen LogP contribution in [0.2, 0.25) is 0 Å². The lowest BCUT2D eigenvalue weighted by molar-refractivity contribution is -0.118. The maximum absolute atomic E-state index is 10.6. The molecule has 2 N–H and O–H groups in total. The molecule has 0 spiro atoms. The Labute approximate surface area is 105 Å². The van der Waals surface area contributed by atoms with Crippen LogP contribution in [0.3, 0.4) is 0 Å². The lowest BCUT2D eigenvalue weighted by atomic mass is 9.55. The highest BCUT2D eigenvalue weighted by Crippen LogP contribution is 2.53. The van der Waals surface area contributed by atoms with Crippen molar-refractivity contribution in [1.82, 2.24) is 0 Å². The van der Waals surface area contributed by atoms with Crippen LogP contribution in [-0.4, -0.2) is 21.9 Å². The van der Waals surface area contributed by atoms with E-state index in [1.54, 1.807) is 0 Å². The first-order valence-electron chi connectivity index (χ1n) is 6.83. The van der Waals surface area contributed by atoms with Gasteiger partial charge in [-0.05, 0) is 51.9 Å². The third-order valence-corrected chi connectivity index (χ3v) is 5.11. The molecule has 0 saturated heterocycles. The Hall–Kier alpha value is -0.340. The molecule has 2 nitrogen and oxygen atoms in total. The summed E-state index contributed by atoms with van der Waals surface area (Å²) >= 11 is 0. The van der Waals surface area contributed by atoms with Gasteiger partial charge in [0.15, 0.2) is 0 Å². The summed E-state index contributed by atoms with van der Waals surface area (Å²) in [5, 5.41) is 20.8. The molecule has 2 aliphatic carbocycles. The number of aliphatic hydroxyl groups is 2. The van der Waals surface area contributed by atoms with Crippen LogP contribution >= 0.6 is 0 Å². The Bertz CT molecular complexity index is 326. The topological polar surface area (TPSA) is 40.5 Å². The molecule has 0 bridgehead atoms. The molecule has 1 saturated carbocycles. The highest BCUT2D eigenvalue weighted by Gasteiger charge is 2.50. The van der Waals surface area contributed by atoms with Crippen molar-refractivity contribution in [1.29, 1.82) is 0 Å². The lowest BCUT2D eigenvalue weighted by Gasteiger charge is -2.52. The van der Waals surface area contributed by atoms with Gasteiger partial charge in [0.2, 0.25) is 0 Å². The number of aliphatic hydroxyl groups excluding tert-OH is 1.